The van der Waals surface area contributed by atoms with E-state index in [4.69, 9.17) is 9.97 Å². The lowest BCUT2D eigenvalue weighted by atomic mass is 10.3. The van der Waals surface area contributed by atoms with Crippen LogP contribution in [0.4, 0.5) is 0 Å². The number of fused-ring (bicyclic) bond motifs is 4. The fraction of sp³-hybridized carbons (Fsp3) is 0.0476. The highest BCUT2D eigenvalue weighted by molar-refractivity contribution is 9.10. The van der Waals surface area contributed by atoms with Gasteiger partial charge in [-0.3, -0.25) is 13.9 Å². The average molecular weight is 432 g/mol. The fourth-order valence-corrected chi connectivity index (χ4v) is 3.79. The molecule has 0 saturated carbocycles. The summed E-state index contributed by atoms with van der Waals surface area (Å²) in [6, 6.07) is 15.4. The van der Waals surface area contributed by atoms with E-state index in [2.05, 4.69) is 27.5 Å². The highest BCUT2D eigenvalue weighted by Gasteiger charge is 2.20. The van der Waals surface area contributed by atoms with E-state index in [1.165, 1.54) is 4.57 Å². The van der Waals surface area contributed by atoms with Gasteiger partial charge in [0, 0.05) is 11.0 Å². The van der Waals surface area contributed by atoms with Crippen LogP contribution in [0.5, 0.6) is 0 Å². The summed E-state index contributed by atoms with van der Waals surface area (Å²) in [5, 5.41) is 0.456. The van der Waals surface area contributed by atoms with Gasteiger partial charge in [0.1, 0.15) is 17.2 Å². The number of para-hydroxylation sites is 2. The van der Waals surface area contributed by atoms with Crippen molar-refractivity contribution in [3.05, 3.63) is 82.3 Å². The molecule has 0 fully saturated rings. The Kier molecular flexibility index (Phi) is 3.84. The Bertz CT molecular complexity index is 1450. The first-order valence-corrected chi connectivity index (χ1v) is 9.50. The van der Waals surface area contributed by atoms with Gasteiger partial charge < -0.3 is 0 Å². The van der Waals surface area contributed by atoms with Crippen molar-refractivity contribution in [1.82, 2.24) is 24.1 Å². The Morgan fingerprint density at radius 3 is 2.57 bits per heavy atom. The minimum Gasteiger partial charge on any atom is -0.295 e. The summed E-state index contributed by atoms with van der Waals surface area (Å²) < 4.78 is 4.33. The van der Waals surface area contributed by atoms with Crippen LogP contribution in [0.1, 0.15) is 0 Å². The molecule has 0 N–H and O–H groups in total. The molecule has 0 bridgehead atoms. The highest BCUT2D eigenvalue weighted by atomic mass is 79.9. The van der Waals surface area contributed by atoms with Crippen LogP contribution in [0.2, 0.25) is 0 Å². The predicted molar refractivity (Wildman–Crippen MR) is 114 cm³/mol. The number of aromatic nitrogens is 5. The molecule has 2 aromatic carbocycles. The smallest absolute Gasteiger partial charge is 0.265 e. The molecular formula is C21H14BrN5O. The number of halogens is 1. The Labute approximate surface area is 167 Å². The van der Waals surface area contributed by atoms with E-state index in [-0.39, 0.29) is 5.56 Å². The van der Waals surface area contributed by atoms with Crippen LogP contribution in [0.3, 0.4) is 0 Å². The maximum atomic E-state index is 13.2. The zero-order valence-corrected chi connectivity index (χ0v) is 16.3. The second-order valence-electron chi connectivity index (χ2n) is 6.39. The van der Waals surface area contributed by atoms with E-state index >= 15 is 0 Å². The van der Waals surface area contributed by atoms with Crippen molar-refractivity contribution in [3.8, 4) is 5.69 Å². The third kappa shape index (κ3) is 2.47. The van der Waals surface area contributed by atoms with E-state index in [0.717, 1.165) is 21.2 Å². The third-order valence-corrected chi connectivity index (χ3v) is 5.12. The van der Waals surface area contributed by atoms with Gasteiger partial charge in [0.2, 0.25) is 0 Å². The topological polar surface area (TPSA) is 65.6 Å². The molecule has 0 saturated heterocycles. The summed E-state index contributed by atoms with van der Waals surface area (Å²) in [6.45, 7) is 4.10. The summed E-state index contributed by atoms with van der Waals surface area (Å²) in [4.78, 5) is 27.3. The van der Waals surface area contributed by atoms with Crippen molar-refractivity contribution in [2.24, 2.45) is 0 Å². The van der Waals surface area contributed by atoms with Crippen molar-refractivity contribution in [1.29, 1.82) is 0 Å². The standard InChI is InChI=1S/C21H14BrN5O/c1-2-10-26-12-23-19-17(21(26)28)18-20(25-16-9-4-3-8-15(16)24-18)27(19)14-7-5-6-13(22)11-14/h2-9,11-12H,1,10H2. The number of allylic oxidation sites excluding steroid dienone is 1. The van der Waals surface area contributed by atoms with Gasteiger partial charge in [-0.25, -0.2) is 15.0 Å². The SMILES string of the molecule is C=CCn1cnc2c(c1=O)c1nc3ccccc3nc1n2-c1cccc(Br)c1. The third-order valence-electron chi connectivity index (χ3n) is 4.62. The molecule has 0 unspecified atom stereocenters. The van der Waals surface area contributed by atoms with Crippen LogP contribution in [0, 0.1) is 0 Å². The van der Waals surface area contributed by atoms with Crippen molar-refractivity contribution in [3.63, 3.8) is 0 Å². The van der Waals surface area contributed by atoms with E-state index in [9.17, 15) is 4.79 Å². The number of nitrogens with zero attached hydrogens (tertiary/aromatic N) is 5. The molecule has 7 heteroatoms. The molecule has 0 spiro atoms. The number of benzene rings is 2. The van der Waals surface area contributed by atoms with Gasteiger partial charge in [0.25, 0.3) is 5.56 Å². The molecular weight excluding hydrogens is 418 g/mol. The summed E-state index contributed by atoms with van der Waals surface area (Å²) in [5.41, 5.74) is 3.88. The van der Waals surface area contributed by atoms with Gasteiger partial charge >= 0.3 is 0 Å². The zero-order chi connectivity index (χ0) is 19.3. The first-order valence-electron chi connectivity index (χ1n) is 8.70. The Morgan fingerprint density at radius 1 is 1.04 bits per heavy atom. The molecule has 3 heterocycles. The number of hydrogen-bond acceptors (Lipinski definition) is 4. The molecule has 3 aromatic heterocycles. The monoisotopic (exact) mass is 431 g/mol. The van der Waals surface area contributed by atoms with Gasteiger partial charge in [0.05, 0.1) is 16.7 Å². The second kappa shape index (κ2) is 6.38. The molecule has 28 heavy (non-hydrogen) atoms. The van der Waals surface area contributed by atoms with Crippen LogP contribution in [0.15, 0.2) is 76.8 Å². The van der Waals surface area contributed by atoms with Gasteiger partial charge in [-0.2, -0.15) is 0 Å². The molecule has 0 aliphatic heterocycles. The fourth-order valence-electron chi connectivity index (χ4n) is 3.40. The Hall–Kier alpha value is -3.32. The molecule has 0 radical (unpaired) electrons. The lowest BCUT2D eigenvalue weighted by Crippen LogP contribution is -2.20. The maximum absolute atomic E-state index is 13.2. The summed E-state index contributed by atoms with van der Waals surface area (Å²) >= 11 is 3.52. The number of rotatable bonds is 3. The van der Waals surface area contributed by atoms with Crippen LogP contribution in [-0.4, -0.2) is 24.1 Å². The Balaban J connectivity index is 2.01. The molecule has 0 amide bonds. The summed E-state index contributed by atoms with van der Waals surface area (Å²) in [5.74, 6) is 0. The van der Waals surface area contributed by atoms with Gasteiger partial charge in [-0.1, -0.05) is 40.2 Å². The molecule has 136 valence electrons. The van der Waals surface area contributed by atoms with Crippen LogP contribution in [0.25, 0.3) is 38.9 Å². The summed E-state index contributed by atoms with van der Waals surface area (Å²) in [6.07, 6.45) is 3.21. The van der Waals surface area contributed by atoms with Gasteiger partial charge in [0.15, 0.2) is 11.3 Å². The largest absolute Gasteiger partial charge is 0.295 e. The quantitative estimate of drug-likeness (QED) is 0.401. The first kappa shape index (κ1) is 16.8. The summed E-state index contributed by atoms with van der Waals surface area (Å²) in [7, 11) is 0. The second-order valence-corrected chi connectivity index (χ2v) is 7.30. The van der Waals surface area contributed by atoms with Crippen molar-refractivity contribution < 1.29 is 0 Å². The van der Waals surface area contributed by atoms with Crippen molar-refractivity contribution in [2.75, 3.05) is 0 Å². The zero-order valence-electron chi connectivity index (χ0n) is 14.7. The molecule has 0 aliphatic rings. The van der Waals surface area contributed by atoms with E-state index in [1.807, 2.05) is 53.1 Å². The maximum Gasteiger partial charge on any atom is 0.265 e. The molecule has 5 rings (SSSR count). The minimum absolute atomic E-state index is 0.159. The molecule has 6 nitrogen and oxygen atoms in total. The molecule has 0 atom stereocenters. The lowest BCUT2D eigenvalue weighted by Gasteiger charge is -2.07. The lowest BCUT2D eigenvalue weighted by molar-refractivity contribution is 0.766. The van der Waals surface area contributed by atoms with E-state index in [1.54, 1.807) is 12.4 Å². The van der Waals surface area contributed by atoms with Crippen LogP contribution >= 0.6 is 15.9 Å². The molecule has 0 aliphatic carbocycles. The highest BCUT2D eigenvalue weighted by Crippen LogP contribution is 2.29. The van der Waals surface area contributed by atoms with Gasteiger partial charge in [-0.05, 0) is 30.3 Å². The number of hydrogen-bond donors (Lipinski definition) is 0. The Morgan fingerprint density at radius 2 is 1.82 bits per heavy atom. The average Bonchev–Trinajstić information content (AvgIpc) is 3.02. The minimum atomic E-state index is -0.159. The molecule has 5 aromatic rings. The van der Waals surface area contributed by atoms with Crippen LogP contribution < -0.4 is 5.56 Å². The van der Waals surface area contributed by atoms with Crippen molar-refractivity contribution >= 4 is 49.2 Å². The normalized spacial score (nSPS) is 11.5. The van der Waals surface area contributed by atoms with Gasteiger partial charge in [-0.15, -0.1) is 6.58 Å². The predicted octanol–water partition coefficient (Wildman–Crippen LogP) is 4.23. The van der Waals surface area contributed by atoms with Crippen molar-refractivity contribution in [2.45, 2.75) is 6.54 Å². The van der Waals surface area contributed by atoms with Crippen LogP contribution in [-0.2, 0) is 6.54 Å². The van der Waals surface area contributed by atoms with E-state index in [0.29, 0.717) is 28.7 Å². The first-order chi connectivity index (χ1) is 13.7. The van der Waals surface area contributed by atoms with E-state index < -0.39 is 0 Å².